The second-order valence-electron chi connectivity index (χ2n) is 7.50. The van der Waals surface area contributed by atoms with Gasteiger partial charge in [0.15, 0.2) is 0 Å². The summed E-state index contributed by atoms with van der Waals surface area (Å²) in [7, 11) is -3.33. The molecule has 1 atom stereocenters. The number of aromatic amines is 1. The molecular weight excluding hydrogens is 374 g/mol. The van der Waals surface area contributed by atoms with E-state index >= 15 is 0 Å². The number of nitrogens with one attached hydrogen (secondary N) is 3. The number of hydrogen-bond donors (Lipinski definition) is 3. The second kappa shape index (κ2) is 6.98. The van der Waals surface area contributed by atoms with Crippen LogP contribution in [-0.4, -0.2) is 31.6 Å². The van der Waals surface area contributed by atoms with Gasteiger partial charge >= 0.3 is 0 Å². The summed E-state index contributed by atoms with van der Waals surface area (Å²) in [5.41, 5.74) is 5.91. The fourth-order valence-electron chi connectivity index (χ4n) is 3.84. The largest absolute Gasteiger partial charge is 0.358 e. The summed E-state index contributed by atoms with van der Waals surface area (Å²) in [5.74, 6) is -0.147. The highest BCUT2D eigenvalue weighted by Crippen LogP contribution is 2.30. The van der Waals surface area contributed by atoms with Gasteiger partial charge in [0, 0.05) is 40.3 Å². The number of sulfonamides is 1. The average Bonchev–Trinajstić information content (AvgIpc) is 2.98. The first-order valence-corrected chi connectivity index (χ1v) is 11.2. The van der Waals surface area contributed by atoms with Crippen LogP contribution in [0.3, 0.4) is 0 Å². The zero-order chi connectivity index (χ0) is 19.9. The lowest BCUT2D eigenvalue weighted by Crippen LogP contribution is -2.38. The molecule has 0 fully saturated rings. The Bertz CT molecular complexity index is 1150. The van der Waals surface area contributed by atoms with E-state index in [1.165, 1.54) is 22.2 Å². The average molecular weight is 398 g/mol. The van der Waals surface area contributed by atoms with Crippen molar-refractivity contribution in [2.45, 2.75) is 32.2 Å². The molecule has 3 aromatic rings. The van der Waals surface area contributed by atoms with Gasteiger partial charge in [-0.05, 0) is 61.7 Å². The van der Waals surface area contributed by atoms with Gasteiger partial charge in [-0.2, -0.15) is 0 Å². The van der Waals surface area contributed by atoms with Crippen LogP contribution >= 0.6 is 0 Å². The summed E-state index contributed by atoms with van der Waals surface area (Å²) < 4.78 is 24.9. The first-order chi connectivity index (χ1) is 13.3. The molecule has 146 valence electrons. The highest BCUT2D eigenvalue weighted by molar-refractivity contribution is 7.92. The maximum atomic E-state index is 12.6. The Morgan fingerprint density at radius 3 is 2.61 bits per heavy atom. The number of anilines is 1. The summed E-state index contributed by atoms with van der Waals surface area (Å²) in [5, 5.41) is 4.39. The quantitative estimate of drug-likeness (QED) is 0.632. The maximum absolute atomic E-state index is 12.6. The van der Waals surface area contributed by atoms with Crippen molar-refractivity contribution in [3.05, 3.63) is 64.8 Å². The third-order valence-electron chi connectivity index (χ3n) is 5.13. The number of aromatic nitrogens is 1. The van der Waals surface area contributed by atoms with Gasteiger partial charge in [-0.1, -0.05) is 11.6 Å². The standard InChI is InChI=1S/C21H23N3O3S/c1-13-3-10-19-18(11-13)17-9-8-16(12-20(17)23-19)22-21(25)14-4-6-15(7-5-14)24-28(2,26)27/h3-7,10-11,16,23-24H,8-9,12H2,1-2H3,(H,22,25). The van der Waals surface area contributed by atoms with Crippen molar-refractivity contribution in [2.24, 2.45) is 0 Å². The van der Waals surface area contributed by atoms with Crippen LogP contribution in [0.15, 0.2) is 42.5 Å². The van der Waals surface area contributed by atoms with E-state index in [9.17, 15) is 13.2 Å². The number of amides is 1. The molecule has 1 aromatic heterocycles. The van der Waals surface area contributed by atoms with E-state index in [1.54, 1.807) is 24.3 Å². The highest BCUT2D eigenvalue weighted by atomic mass is 32.2. The van der Waals surface area contributed by atoms with Crippen LogP contribution in [0.5, 0.6) is 0 Å². The Balaban J connectivity index is 1.45. The molecule has 6 nitrogen and oxygen atoms in total. The molecule has 1 aliphatic rings. The molecule has 0 saturated heterocycles. The minimum absolute atomic E-state index is 0.0722. The molecule has 1 amide bonds. The number of fused-ring (bicyclic) bond motifs is 3. The Morgan fingerprint density at radius 2 is 1.89 bits per heavy atom. The van der Waals surface area contributed by atoms with Crippen molar-refractivity contribution in [3.63, 3.8) is 0 Å². The van der Waals surface area contributed by atoms with E-state index in [2.05, 4.69) is 40.1 Å². The van der Waals surface area contributed by atoms with Crippen LogP contribution < -0.4 is 10.0 Å². The van der Waals surface area contributed by atoms with E-state index in [0.717, 1.165) is 31.0 Å². The molecule has 0 saturated carbocycles. The fourth-order valence-corrected chi connectivity index (χ4v) is 4.40. The van der Waals surface area contributed by atoms with Gasteiger partial charge < -0.3 is 10.3 Å². The van der Waals surface area contributed by atoms with Crippen molar-refractivity contribution in [3.8, 4) is 0 Å². The molecule has 28 heavy (non-hydrogen) atoms. The number of rotatable bonds is 4. The van der Waals surface area contributed by atoms with E-state index < -0.39 is 10.0 Å². The first-order valence-electron chi connectivity index (χ1n) is 9.27. The molecule has 0 bridgehead atoms. The first kappa shape index (κ1) is 18.6. The van der Waals surface area contributed by atoms with E-state index in [4.69, 9.17) is 0 Å². The van der Waals surface area contributed by atoms with Gasteiger partial charge in [-0.3, -0.25) is 9.52 Å². The van der Waals surface area contributed by atoms with Gasteiger partial charge in [0.05, 0.1) is 6.26 Å². The molecule has 0 spiro atoms. The van der Waals surface area contributed by atoms with Crippen molar-refractivity contribution < 1.29 is 13.2 Å². The zero-order valence-electron chi connectivity index (χ0n) is 15.9. The van der Waals surface area contributed by atoms with E-state index in [1.807, 2.05) is 0 Å². The molecule has 0 aliphatic heterocycles. The minimum atomic E-state index is -3.33. The number of H-pyrrole nitrogens is 1. The van der Waals surface area contributed by atoms with Crippen LogP contribution in [0.4, 0.5) is 5.69 Å². The van der Waals surface area contributed by atoms with Gasteiger partial charge in [0.1, 0.15) is 0 Å². The molecule has 2 aromatic carbocycles. The van der Waals surface area contributed by atoms with Crippen molar-refractivity contribution in [2.75, 3.05) is 11.0 Å². The lowest BCUT2D eigenvalue weighted by molar-refractivity contribution is 0.0933. The minimum Gasteiger partial charge on any atom is -0.358 e. The number of benzene rings is 2. The van der Waals surface area contributed by atoms with Gasteiger partial charge in [-0.15, -0.1) is 0 Å². The molecule has 1 unspecified atom stereocenters. The Labute approximate surface area is 164 Å². The van der Waals surface area contributed by atoms with Crippen molar-refractivity contribution in [1.82, 2.24) is 10.3 Å². The normalized spacial score (nSPS) is 16.6. The van der Waals surface area contributed by atoms with E-state index in [-0.39, 0.29) is 11.9 Å². The van der Waals surface area contributed by atoms with Crippen molar-refractivity contribution >= 4 is 32.5 Å². The second-order valence-corrected chi connectivity index (χ2v) is 9.24. The highest BCUT2D eigenvalue weighted by Gasteiger charge is 2.24. The molecule has 3 N–H and O–H groups in total. The van der Waals surface area contributed by atoms with Crippen LogP contribution in [0.25, 0.3) is 10.9 Å². The van der Waals surface area contributed by atoms with Crippen molar-refractivity contribution in [1.29, 1.82) is 0 Å². The molecule has 4 rings (SSSR count). The predicted octanol–water partition coefficient (Wildman–Crippen LogP) is 3.14. The number of hydrogen-bond acceptors (Lipinski definition) is 3. The van der Waals surface area contributed by atoms with Crippen LogP contribution in [-0.2, 0) is 22.9 Å². The number of aryl methyl sites for hydroxylation is 2. The molecule has 0 radical (unpaired) electrons. The van der Waals surface area contributed by atoms with E-state index in [0.29, 0.717) is 11.3 Å². The summed E-state index contributed by atoms with van der Waals surface area (Å²) in [6.07, 6.45) is 3.70. The molecule has 1 heterocycles. The third kappa shape index (κ3) is 3.89. The summed E-state index contributed by atoms with van der Waals surface area (Å²) in [6, 6.07) is 12.9. The molecule has 1 aliphatic carbocycles. The van der Waals surface area contributed by atoms with Gasteiger partial charge in [-0.25, -0.2) is 8.42 Å². The SMILES string of the molecule is Cc1ccc2[nH]c3c(c2c1)CCC(NC(=O)c1ccc(NS(C)(=O)=O)cc1)C3. The summed E-state index contributed by atoms with van der Waals surface area (Å²) in [4.78, 5) is 16.1. The third-order valence-corrected chi connectivity index (χ3v) is 5.74. The maximum Gasteiger partial charge on any atom is 0.251 e. The monoisotopic (exact) mass is 397 g/mol. The Kier molecular flexibility index (Phi) is 4.63. The summed E-state index contributed by atoms with van der Waals surface area (Å²) >= 11 is 0. The number of carbonyl (C=O) groups excluding carboxylic acids is 1. The lowest BCUT2D eigenvalue weighted by atomic mass is 9.91. The molecule has 7 heteroatoms. The van der Waals surface area contributed by atoms with Gasteiger partial charge in [0.25, 0.3) is 5.91 Å². The summed E-state index contributed by atoms with van der Waals surface area (Å²) in [6.45, 7) is 2.10. The molecular formula is C21H23N3O3S. The zero-order valence-corrected chi connectivity index (χ0v) is 16.7. The van der Waals surface area contributed by atoms with Crippen LogP contribution in [0.2, 0.25) is 0 Å². The lowest BCUT2D eigenvalue weighted by Gasteiger charge is -2.23. The Hall–Kier alpha value is -2.80. The number of carbonyl (C=O) groups is 1. The van der Waals surface area contributed by atoms with Gasteiger partial charge in [0.2, 0.25) is 10.0 Å². The predicted molar refractivity (Wildman–Crippen MR) is 111 cm³/mol. The Morgan fingerprint density at radius 1 is 1.14 bits per heavy atom. The van der Waals surface area contributed by atoms with Crippen LogP contribution in [0, 0.1) is 6.92 Å². The topological polar surface area (TPSA) is 91.1 Å². The smallest absolute Gasteiger partial charge is 0.251 e. The fraction of sp³-hybridized carbons (Fsp3) is 0.286. The van der Waals surface area contributed by atoms with Crippen LogP contribution in [0.1, 0.15) is 33.6 Å².